The highest BCUT2D eigenvalue weighted by atomic mass is 35.5. The second kappa shape index (κ2) is 8.21. The summed E-state index contributed by atoms with van der Waals surface area (Å²) in [4.78, 5) is 17.2. The van der Waals surface area contributed by atoms with E-state index < -0.39 is 5.91 Å². The van der Waals surface area contributed by atoms with Crippen molar-refractivity contribution in [3.8, 4) is 0 Å². The molecule has 3 aromatic rings. The van der Waals surface area contributed by atoms with Crippen molar-refractivity contribution in [3.63, 3.8) is 0 Å². The number of carbonyl (C=O) groups excluding carboxylic acids is 1. The molecule has 0 aromatic heterocycles. The Labute approximate surface area is 161 Å². The predicted octanol–water partition coefficient (Wildman–Crippen LogP) is 4.99. The molecule has 3 aromatic carbocycles. The van der Waals surface area contributed by atoms with Gasteiger partial charge in [-0.15, -0.1) is 0 Å². The molecular formula is C20H16Cl2N2O2. The van der Waals surface area contributed by atoms with E-state index in [1.165, 1.54) is 0 Å². The van der Waals surface area contributed by atoms with Gasteiger partial charge < -0.3 is 10.6 Å². The summed E-state index contributed by atoms with van der Waals surface area (Å²) in [7, 11) is 0. The summed E-state index contributed by atoms with van der Waals surface area (Å²) in [6.07, 6.45) is 2.03. The number of rotatable bonds is 6. The lowest BCUT2D eigenvalue weighted by atomic mass is 9.97. The largest absolute Gasteiger partial charge is 0.391 e. The molecule has 0 fully saturated rings. The molecule has 0 spiro atoms. The Morgan fingerprint density at radius 2 is 1.81 bits per heavy atom. The van der Waals surface area contributed by atoms with Crippen molar-refractivity contribution in [2.45, 2.75) is 13.0 Å². The Bertz CT molecular complexity index is 966. The second-order valence-electron chi connectivity index (χ2n) is 5.73. The maximum atomic E-state index is 11.9. The van der Waals surface area contributed by atoms with E-state index in [4.69, 9.17) is 33.8 Å². The highest BCUT2D eigenvalue weighted by Crippen LogP contribution is 2.22. The van der Waals surface area contributed by atoms with Crippen LogP contribution in [0.15, 0.2) is 59.8 Å². The van der Waals surface area contributed by atoms with E-state index in [-0.39, 0.29) is 6.61 Å². The van der Waals surface area contributed by atoms with Crippen molar-refractivity contribution < 1.29 is 9.63 Å². The molecule has 132 valence electrons. The molecule has 0 aliphatic rings. The highest BCUT2D eigenvalue weighted by Gasteiger charge is 2.11. The van der Waals surface area contributed by atoms with Gasteiger partial charge in [0, 0.05) is 22.7 Å². The number of benzene rings is 3. The van der Waals surface area contributed by atoms with E-state index in [1.807, 2.05) is 36.4 Å². The van der Waals surface area contributed by atoms with E-state index in [1.54, 1.807) is 24.4 Å². The van der Waals surface area contributed by atoms with Gasteiger partial charge in [0.25, 0.3) is 0 Å². The molecule has 2 N–H and O–H groups in total. The lowest BCUT2D eigenvalue weighted by Gasteiger charge is -2.08. The van der Waals surface area contributed by atoms with Crippen LogP contribution in [0.5, 0.6) is 0 Å². The number of nitrogens with zero attached hydrogens (tertiary/aromatic N) is 1. The van der Waals surface area contributed by atoms with Gasteiger partial charge in [-0.05, 0) is 40.1 Å². The number of hydrogen-bond donors (Lipinski definition) is 1. The lowest BCUT2D eigenvalue weighted by Crippen LogP contribution is -2.14. The molecule has 0 atom stereocenters. The molecule has 0 aliphatic carbocycles. The molecule has 0 aliphatic heterocycles. The first kappa shape index (κ1) is 18.2. The fourth-order valence-electron chi connectivity index (χ4n) is 2.77. The van der Waals surface area contributed by atoms with E-state index in [0.29, 0.717) is 22.0 Å². The van der Waals surface area contributed by atoms with Gasteiger partial charge in [0.05, 0.1) is 5.56 Å². The molecule has 4 nitrogen and oxygen atoms in total. The number of halogens is 2. The van der Waals surface area contributed by atoms with Gasteiger partial charge in [-0.25, -0.2) is 0 Å². The molecule has 0 heterocycles. The van der Waals surface area contributed by atoms with E-state index in [9.17, 15) is 4.79 Å². The smallest absolute Gasteiger partial charge is 0.249 e. The maximum absolute atomic E-state index is 11.9. The monoisotopic (exact) mass is 386 g/mol. The van der Waals surface area contributed by atoms with Crippen LogP contribution in [0.2, 0.25) is 10.0 Å². The molecule has 0 saturated heterocycles. The third kappa shape index (κ3) is 4.34. The van der Waals surface area contributed by atoms with Gasteiger partial charge in [0.15, 0.2) is 0 Å². The van der Waals surface area contributed by atoms with Crippen LogP contribution in [-0.2, 0) is 17.9 Å². The third-order valence-corrected chi connectivity index (χ3v) is 4.31. The Morgan fingerprint density at radius 3 is 2.54 bits per heavy atom. The molecule has 3 rings (SSSR count). The fraction of sp³-hybridized carbons (Fsp3) is 0.100. The van der Waals surface area contributed by atoms with Gasteiger partial charge in [-0.3, -0.25) is 4.79 Å². The molecule has 0 radical (unpaired) electrons. The van der Waals surface area contributed by atoms with Crippen molar-refractivity contribution in [2.24, 2.45) is 10.9 Å². The van der Waals surface area contributed by atoms with Crippen molar-refractivity contribution in [1.29, 1.82) is 0 Å². The Kier molecular flexibility index (Phi) is 5.76. The summed E-state index contributed by atoms with van der Waals surface area (Å²) in [5.41, 5.74) is 7.71. The number of primary amides is 1. The Morgan fingerprint density at radius 1 is 1.08 bits per heavy atom. The summed E-state index contributed by atoms with van der Waals surface area (Å²) < 4.78 is 0. The van der Waals surface area contributed by atoms with Crippen molar-refractivity contribution in [2.75, 3.05) is 0 Å². The minimum Gasteiger partial charge on any atom is -0.391 e. The number of carbonyl (C=O) groups is 1. The fourth-order valence-corrected chi connectivity index (χ4v) is 3.34. The summed E-state index contributed by atoms with van der Waals surface area (Å²) in [6.45, 7) is 0.247. The van der Waals surface area contributed by atoms with Crippen LogP contribution in [0.1, 0.15) is 21.5 Å². The van der Waals surface area contributed by atoms with Gasteiger partial charge >= 0.3 is 0 Å². The first-order valence-electron chi connectivity index (χ1n) is 7.94. The number of amides is 1. The van der Waals surface area contributed by atoms with Gasteiger partial charge in [0.1, 0.15) is 6.61 Å². The van der Waals surface area contributed by atoms with E-state index >= 15 is 0 Å². The van der Waals surface area contributed by atoms with Crippen LogP contribution in [0, 0.1) is 0 Å². The van der Waals surface area contributed by atoms with Crippen LogP contribution < -0.4 is 5.73 Å². The number of nitrogens with two attached hydrogens (primary N) is 1. The van der Waals surface area contributed by atoms with Gasteiger partial charge in [-0.1, -0.05) is 64.8 Å². The zero-order valence-electron chi connectivity index (χ0n) is 13.8. The zero-order valence-corrected chi connectivity index (χ0v) is 15.3. The minimum absolute atomic E-state index is 0.247. The summed E-state index contributed by atoms with van der Waals surface area (Å²) in [5, 5.41) is 6.83. The van der Waals surface area contributed by atoms with Crippen LogP contribution in [-0.4, -0.2) is 12.1 Å². The van der Waals surface area contributed by atoms with E-state index in [2.05, 4.69) is 5.16 Å². The van der Waals surface area contributed by atoms with Gasteiger partial charge in [-0.2, -0.15) is 0 Å². The standard InChI is InChI=1S/C20H16Cl2N2O2/c21-16-9-13(10-17(22)11-16)12-26-24-8-7-15-6-5-14-3-1-2-4-18(14)19(15)20(23)25/h1-6,8-11H,7,12H2,(H2,23,25). The van der Waals surface area contributed by atoms with Gasteiger partial charge in [0.2, 0.25) is 5.91 Å². The molecule has 1 amide bonds. The quantitative estimate of drug-likeness (QED) is 0.478. The van der Waals surface area contributed by atoms with Crippen LogP contribution in [0.3, 0.4) is 0 Å². The minimum atomic E-state index is -0.459. The summed E-state index contributed by atoms with van der Waals surface area (Å²) in [6, 6.07) is 16.6. The SMILES string of the molecule is NC(=O)c1c(CC=NOCc2cc(Cl)cc(Cl)c2)ccc2ccccc12. The van der Waals surface area contributed by atoms with Crippen LogP contribution >= 0.6 is 23.2 Å². The first-order chi connectivity index (χ1) is 12.5. The molecule has 26 heavy (non-hydrogen) atoms. The maximum Gasteiger partial charge on any atom is 0.249 e. The third-order valence-electron chi connectivity index (χ3n) is 3.88. The highest BCUT2D eigenvalue weighted by molar-refractivity contribution is 6.34. The number of fused-ring (bicyclic) bond motifs is 1. The summed E-state index contributed by atoms with van der Waals surface area (Å²) in [5.74, 6) is -0.459. The normalized spacial score (nSPS) is 11.2. The van der Waals surface area contributed by atoms with Crippen LogP contribution in [0.25, 0.3) is 10.8 Å². The van der Waals surface area contributed by atoms with Crippen molar-refractivity contribution in [3.05, 3.63) is 81.3 Å². The van der Waals surface area contributed by atoms with E-state index in [0.717, 1.165) is 21.9 Å². The summed E-state index contributed by atoms with van der Waals surface area (Å²) >= 11 is 11.9. The van der Waals surface area contributed by atoms with Crippen molar-refractivity contribution >= 4 is 46.1 Å². The number of oxime groups is 1. The number of hydrogen-bond acceptors (Lipinski definition) is 3. The first-order valence-corrected chi connectivity index (χ1v) is 8.69. The zero-order chi connectivity index (χ0) is 18.5. The molecule has 0 bridgehead atoms. The average Bonchev–Trinajstić information content (AvgIpc) is 2.60. The molecule has 0 unspecified atom stereocenters. The second-order valence-corrected chi connectivity index (χ2v) is 6.60. The lowest BCUT2D eigenvalue weighted by molar-refractivity contribution is 0.100. The Hall–Kier alpha value is -2.56. The molecular weight excluding hydrogens is 371 g/mol. The molecule has 0 saturated carbocycles. The topological polar surface area (TPSA) is 64.7 Å². The van der Waals surface area contributed by atoms with Crippen LogP contribution in [0.4, 0.5) is 0 Å². The predicted molar refractivity (Wildman–Crippen MR) is 106 cm³/mol. The Balaban J connectivity index is 1.70. The average molecular weight is 387 g/mol. The molecule has 6 heteroatoms. The van der Waals surface area contributed by atoms with Crippen molar-refractivity contribution in [1.82, 2.24) is 0 Å².